The molecule has 0 aliphatic carbocycles. The summed E-state index contributed by atoms with van der Waals surface area (Å²) in [6.45, 7) is -0.989. The molecule has 0 spiro atoms. The van der Waals surface area contributed by atoms with Crippen LogP contribution in [0.5, 0.6) is 0 Å². The van der Waals surface area contributed by atoms with Crippen LogP contribution in [0.25, 0.3) is 0 Å². The fourth-order valence-electron chi connectivity index (χ4n) is 2.64. The first-order valence-corrected chi connectivity index (χ1v) is 7.46. The zero-order valence-electron chi connectivity index (χ0n) is 13.0. The predicted molar refractivity (Wildman–Crippen MR) is 73.4 cm³/mol. The number of aliphatic hydroxyl groups is 7. The second kappa shape index (κ2) is 8.29. The molecule has 11 nitrogen and oxygen atoms in total. The van der Waals surface area contributed by atoms with Gasteiger partial charge in [0, 0.05) is 7.11 Å². The van der Waals surface area contributed by atoms with Gasteiger partial charge in [0.25, 0.3) is 0 Å². The number of ether oxygens (including phenoxy) is 4. The normalized spacial score (nSPS) is 50.0. The quantitative estimate of drug-likeness (QED) is 0.251. The highest BCUT2D eigenvalue weighted by atomic mass is 16.7. The molecular weight excluding hydrogens is 332 g/mol. The number of hydrogen-bond donors (Lipinski definition) is 7. The van der Waals surface area contributed by atoms with Gasteiger partial charge in [0.05, 0.1) is 13.2 Å². The van der Waals surface area contributed by atoms with Crippen LogP contribution in [-0.4, -0.2) is 117 Å². The third kappa shape index (κ3) is 3.86. The van der Waals surface area contributed by atoms with Crippen molar-refractivity contribution in [3.05, 3.63) is 0 Å². The smallest absolute Gasteiger partial charge is 0.186 e. The summed E-state index contributed by atoms with van der Waals surface area (Å²) in [4.78, 5) is 0. The van der Waals surface area contributed by atoms with E-state index in [-0.39, 0.29) is 6.61 Å². The van der Waals surface area contributed by atoms with Gasteiger partial charge in [0.15, 0.2) is 12.6 Å². The van der Waals surface area contributed by atoms with Crippen molar-refractivity contribution in [1.82, 2.24) is 0 Å². The molecular formula is C13H24O11. The van der Waals surface area contributed by atoms with Crippen molar-refractivity contribution in [3.8, 4) is 0 Å². The Morgan fingerprint density at radius 1 is 0.708 bits per heavy atom. The fourth-order valence-corrected chi connectivity index (χ4v) is 2.64. The van der Waals surface area contributed by atoms with Gasteiger partial charge in [-0.2, -0.15) is 0 Å². The third-order valence-electron chi connectivity index (χ3n) is 4.17. The van der Waals surface area contributed by atoms with Crippen LogP contribution in [0.4, 0.5) is 0 Å². The highest BCUT2D eigenvalue weighted by molar-refractivity contribution is 4.91. The highest BCUT2D eigenvalue weighted by Gasteiger charge is 2.47. The topological polar surface area (TPSA) is 179 Å². The molecule has 0 aromatic carbocycles. The largest absolute Gasteiger partial charge is 0.394 e. The Balaban J connectivity index is 1.96. The van der Waals surface area contributed by atoms with Crippen molar-refractivity contribution < 1.29 is 54.7 Å². The molecule has 0 bridgehead atoms. The maximum absolute atomic E-state index is 9.91. The van der Waals surface area contributed by atoms with E-state index in [1.54, 1.807) is 0 Å². The van der Waals surface area contributed by atoms with Crippen LogP contribution in [0.1, 0.15) is 0 Å². The number of rotatable bonds is 5. The van der Waals surface area contributed by atoms with E-state index < -0.39 is 68.0 Å². The van der Waals surface area contributed by atoms with Crippen molar-refractivity contribution in [2.75, 3.05) is 20.3 Å². The van der Waals surface area contributed by atoms with Crippen LogP contribution in [-0.2, 0) is 18.9 Å². The molecule has 2 rings (SSSR count). The molecule has 0 unspecified atom stereocenters. The molecule has 0 saturated carbocycles. The van der Waals surface area contributed by atoms with Crippen LogP contribution in [0, 0.1) is 0 Å². The highest BCUT2D eigenvalue weighted by Crippen LogP contribution is 2.25. The summed E-state index contributed by atoms with van der Waals surface area (Å²) in [5, 5.41) is 67.6. The second-order valence-corrected chi connectivity index (χ2v) is 5.78. The Bertz CT molecular complexity index is 356. The van der Waals surface area contributed by atoms with Crippen molar-refractivity contribution >= 4 is 0 Å². The van der Waals surface area contributed by atoms with Crippen molar-refractivity contribution in [3.63, 3.8) is 0 Å². The molecule has 2 aliphatic rings. The molecule has 142 valence electrons. The molecule has 0 amide bonds. The molecule has 7 N–H and O–H groups in total. The first-order chi connectivity index (χ1) is 11.3. The van der Waals surface area contributed by atoms with E-state index in [1.165, 1.54) is 7.11 Å². The molecule has 2 aliphatic heterocycles. The Morgan fingerprint density at radius 3 is 1.75 bits per heavy atom. The van der Waals surface area contributed by atoms with Gasteiger partial charge >= 0.3 is 0 Å². The van der Waals surface area contributed by atoms with Gasteiger partial charge in [-0.05, 0) is 0 Å². The van der Waals surface area contributed by atoms with Crippen LogP contribution in [0.2, 0.25) is 0 Å². The van der Waals surface area contributed by atoms with Gasteiger partial charge in [-0.25, -0.2) is 0 Å². The number of methoxy groups -OCH3 is 1. The standard InChI is InChI=1S/C13H24O11/c1-21-12-10(19)9(18)7(16)5(24-12)3-22-13-11(20)8(17)6(15)4(2-14)23-13/h4-20H,2-3H2,1H3/t4-,5-,6+,7+,8-,9-,10+,11+,12-,13-/m0/s1. The summed E-state index contributed by atoms with van der Waals surface area (Å²) >= 11 is 0. The molecule has 2 fully saturated rings. The zero-order chi connectivity index (χ0) is 18.0. The van der Waals surface area contributed by atoms with Gasteiger partial charge in [-0.1, -0.05) is 0 Å². The summed E-state index contributed by atoms with van der Waals surface area (Å²) in [7, 11) is 1.24. The monoisotopic (exact) mass is 356 g/mol. The summed E-state index contributed by atoms with van der Waals surface area (Å²) in [5.74, 6) is 0. The number of hydrogen-bond acceptors (Lipinski definition) is 11. The predicted octanol–water partition coefficient (Wildman–Crippen LogP) is -4.74. The molecule has 0 radical (unpaired) electrons. The van der Waals surface area contributed by atoms with Crippen LogP contribution < -0.4 is 0 Å². The summed E-state index contributed by atoms with van der Waals surface area (Å²) < 4.78 is 20.5. The van der Waals surface area contributed by atoms with E-state index in [0.717, 1.165) is 0 Å². The molecule has 2 saturated heterocycles. The first kappa shape index (κ1) is 19.9. The molecule has 10 atom stereocenters. The maximum atomic E-state index is 9.91. The van der Waals surface area contributed by atoms with Crippen LogP contribution in [0.15, 0.2) is 0 Å². The van der Waals surface area contributed by atoms with Crippen molar-refractivity contribution in [2.45, 2.75) is 61.4 Å². The summed E-state index contributed by atoms with van der Waals surface area (Å²) in [6.07, 6.45) is -14.0. The minimum Gasteiger partial charge on any atom is -0.394 e. The third-order valence-corrected chi connectivity index (χ3v) is 4.17. The van der Waals surface area contributed by atoms with Crippen molar-refractivity contribution in [2.24, 2.45) is 0 Å². The van der Waals surface area contributed by atoms with E-state index in [2.05, 4.69) is 0 Å². The minimum atomic E-state index is -1.60. The van der Waals surface area contributed by atoms with E-state index in [9.17, 15) is 30.6 Å². The van der Waals surface area contributed by atoms with Gasteiger partial charge in [-0.15, -0.1) is 0 Å². The Morgan fingerprint density at radius 2 is 1.21 bits per heavy atom. The SMILES string of the molecule is CO[C@H]1O[C@@H](CO[C@H]2O[C@@H](CO)[C@@H](O)[C@H](O)[C@H]2O)[C@@H](O)[C@H](O)[C@H]1O. The zero-order valence-corrected chi connectivity index (χ0v) is 13.0. The van der Waals surface area contributed by atoms with Crippen molar-refractivity contribution in [1.29, 1.82) is 0 Å². The lowest BCUT2D eigenvalue weighted by atomic mass is 9.98. The summed E-state index contributed by atoms with van der Waals surface area (Å²) in [6, 6.07) is 0. The van der Waals surface area contributed by atoms with Crippen LogP contribution >= 0.6 is 0 Å². The molecule has 24 heavy (non-hydrogen) atoms. The molecule has 0 aromatic heterocycles. The Hall–Kier alpha value is -0.440. The first-order valence-electron chi connectivity index (χ1n) is 7.46. The molecule has 11 heteroatoms. The van der Waals surface area contributed by atoms with E-state index in [4.69, 9.17) is 24.1 Å². The van der Waals surface area contributed by atoms with Gasteiger partial charge in [0.1, 0.15) is 48.8 Å². The Kier molecular flexibility index (Phi) is 6.87. The lowest BCUT2D eigenvalue weighted by Gasteiger charge is -2.42. The molecule has 2 heterocycles. The van der Waals surface area contributed by atoms with Gasteiger partial charge < -0.3 is 54.7 Å². The summed E-state index contributed by atoms with van der Waals surface area (Å²) in [5.41, 5.74) is 0. The van der Waals surface area contributed by atoms with E-state index in [0.29, 0.717) is 0 Å². The lowest BCUT2D eigenvalue weighted by molar-refractivity contribution is -0.328. The van der Waals surface area contributed by atoms with E-state index in [1.807, 2.05) is 0 Å². The lowest BCUT2D eigenvalue weighted by Crippen LogP contribution is -2.61. The molecule has 0 aromatic rings. The minimum absolute atomic E-state index is 0.381. The number of aliphatic hydroxyl groups excluding tert-OH is 7. The maximum Gasteiger partial charge on any atom is 0.186 e. The van der Waals surface area contributed by atoms with Gasteiger partial charge in [-0.3, -0.25) is 0 Å². The van der Waals surface area contributed by atoms with Gasteiger partial charge in [0.2, 0.25) is 0 Å². The second-order valence-electron chi connectivity index (χ2n) is 5.78. The van der Waals surface area contributed by atoms with E-state index >= 15 is 0 Å². The fraction of sp³-hybridized carbons (Fsp3) is 1.00. The Labute approximate surface area is 137 Å². The van der Waals surface area contributed by atoms with Crippen LogP contribution in [0.3, 0.4) is 0 Å². The average Bonchev–Trinajstić information content (AvgIpc) is 2.58. The average molecular weight is 356 g/mol.